The molecule has 0 bridgehead atoms. The lowest BCUT2D eigenvalue weighted by Gasteiger charge is -2.34. The first-order valence-corrected chi connectivity index (χ1v) is 8.89. The van der Waals surface area contributed by atoms with E-state index in [1.54, 1.807) is 0 Å². The largest absolute Gasteiger partial charge is 0.340 e. The molecule has 0 radical (unpaired) electrons. The fourth-order valence-corrected chi connectivity index (χ4v) is 3.37. The Balaban J connectivity index is 1.54. The van der Waals surface area contributed by atoms with Gasteiger partial charge in [-0.3, -0.25) is 9.59 Å². The predicted octanol–water partition coefficient (Wildman–Crippen LogP) is 2.04. The lowest BCUT2D eigenvalue weighted by molar-refractivity contribution is -0.135. The molecule has 5 nitrogen and oxygen atoms in total. The van der Waals surface area contributed by atoms with E-state index in [-0.39, 0.29) is 23.7 Å². The number of amides is 2. The maximum Gasteiger partial charge on any atom is 0.228 e. The first-order valence-electron chi connectivity index (χ1n) is 8.89. The van der Waals surface area contributed by atoms with Gasteiger partial charge in [0, 0.05) is 31.9 Å². The Hall–Kier alpha value is -1.88. The Bertz CT molecular complexity index is 635. The van der Waals surface area contributed by atoms with Crippen molar-refractivity contribution < 1.29 is 9.59 Å². The van der Waals surface area contributed by atoms with E-state index in [1.807, 2.05) is 36.9 Å². The van der Waals surface area contributed by atoms with Crippen LogP contribution in [0.2, 0.25) is 0 Å². The van der Waals surface area contributed by atoms with Gasteiger partial charge in [-0.15, -0.1) is 0 Å². The van der Waals surface area contributed by atoms with Crippen LogP contribution in [0.15, 0.2) is 18.2 Å². The van der Waals surface area contributed by atoms with Gasteiger partial charge in [-0.25, -0.2) is 0 Å². The lowest BCUT2D eigenvalue weighted by atomic mass is 10.1. The predicted molar refractivity (Wildman–Crippen MR) is 94.8 cm³/mol. The van der Waals surface area contributed by atoms with Crippen molar-refractivity contribution >= 4 is 17.5 Å². The highest BCUT2D eigenvalue weighted by molar-refractivity contribution is 6.00. The number of benzene rings is 1. The summed E-state index contributed by atoms with van der Waals surface area (Å²) < 4.78 is 0. The van der Waals surface area contributed by atoms with Gasteiger partial charge in [-0.05, 0) is 44.0 Å². The smallest absolute Gasteiger partial charge is 0.228 e. The number of hydrogen-bond donors (Lipinski definition) is 1. The highest BCUT2D eigenvalue weighted by Crippen LogP contribution is 2.41. The van der Waals surface area contributed by atoms with E-state index >= 15 is 0 Å². The van der Waals surface area contributed by atoms with Crippen LogP contribution in [0.5, 0.6) is 0 Å². The van der Waals surface area contributed by atoms with Crippen molar-refractivity contribution in [1.29, 1.82) is 0 Å². The highest BCUT2D eigenvalue weighted by Gasteiger charge is 2.49. The van der Waals surface area contributed by atoms with E-state index < -0.39 is 0 Å². The minimum atomic E-state index is -0.165. The summed E-state index contributed by atoms with van der Waals surface area (Å²) in [6.45, 7) is 10.6. The Morgan fingerprint density at radius 2 is 1.83 bits per heavy atom. The minimum Gasteiger partial charge on any atom is -0.340 e. The number of nitrogens with zero attached hydrogens (tertiary/aromatic N) is 2. The number of carbonyl (C=O) groups excluding carboxylic acids is 2. The molecule has 0 aromatic heterocycles. The van der Waals surface area contributed by atoms with E-state index in [4.69, 9.17) is 0 Å². The van der Waals surface area contributed by atoms with Crippen molar-refractivity contribution in [3.8, 4) is 0 Å². The summed E-state index contributed by atoms with van der Waals surface area (Å²) in [6, 6.07) is 6.02. The standard InChI is InChI=1S/C19H27N3O2/c1-4-21-7-9-22(10-8-21)19(24)16-12-15(16)18(23)20-17-11-13(2)5-6-14(17)3/h5-6,11,15-16H,4,7-10,12H2,1-3H3,(H,20,23). The second kappa shape index (κ2) is 6.93. The molecule has 3 rings (SSSR count). The number of rotatable bonds is 4. The number of nitrogens with one attached hydrogen (secondary N) is 1. The molecule has 1 aliphatic heterocycles. The summed E-state index contributed by atoms with van der Waals surface area (Å²) >= 11 is 0. The summed E-state index contributed by atoms with van der Waals surface area (Å²) in [4.78, 5) is 29.3. The molecule has 1 aromatic rings. The lowest BCUT2D eigenvalue weighted by Crippen LogP contribution is -2.49. The maximum absolute atomic E-state index is 12.6. The van der Waals surface area contributed by atoms with Gasteiger partial charge in [-0.2, -0.15) is 0 Å². The number of anilines is 1. The van der Waals surface area contributed by atoms with Gasteiger partial charge in [0.2, 0.25) is 11.8 Å². The molecule has 2 aliphatic rings. The van der Waals surface area contributed by atoms with Gasteiger partial charge in [0.15, 0.2) is 0 Å². The van der Waals surface area contributed by atoms with Crippen molar-refractivity contribution in [2.24, 2.45) is 11.8 Å². The van der Waals surface area contributed by atoms with Gasteiger partial charge in [-0.1, -0.05) is 19.1 Å². The van der Waals surface area contributed by atoms with Gasteiger partial charge in [0.25, 0.3) is 0 Å². The van der Waals surface area contributed by atoms with Crippen molar-refractivity contribution in [3.63, 3.8) is 0 Å². The molecule has 1 aliphatic carbocycles. The Kier molecular flexibility index (Phi) is 4.90. The van der Waals surface area contributed by atoms with E-state index in [9.17, 15) is 9.59 Å². The molecule has 2 unspecified atom stereocenters. The summed E-state index contributed by atoms with van der Waals surface area (Å²) in [5.74, 6) is -0.147. The van der Waals surface area contributed by atoms with Gasteiger partial charge in [0.05, 0.1) is 11.8 Å². The quantitative estimate of drug-likeness (QED) is 0.920. The van der Waals surface area contributed by atoms with E-state index in [0.717, 1.165) is 49.5 Å². The Morgan fingerprint density at radius 3 is 2.50 bits per heavy atom. The van der Waals surface area contributed by atoms with Gasteiger partial charge >= 0.3 is 0 Å². The SMILES string of the molecule is CCN1CCN(C(=O)C2CC2C(=O)Nc2cc(C)ccc2C)CC1. The zero-order valence-corrected chi connectivity index (χ0v) is 14.8. The third kappa shape index (κ3) is 3.61. The second-order valence-electron chi connectivity index (χ2n) is 7.02. The average Bonchev–Trinajstić information content (AvgIpc) is 3.38. The number of hydrogen-bond acceptors (Lipinski definition) is 3. The van der Waals surface area contributed by atoms with Crippen LogP contribution in [0, 0.1) is 25.7 Å². The average molecular weight is 329 g/mol. The van der Waals surface area contributed by atoms with E-state index in [1.165, 1.54) is 0 Å². The molecule has 24 heavy (non-hydrogen) atoms. The topological polar surface area (TPSA) is 52.7 Å². The first kappa shape index (κ1) is 17.0. The molecule has 5 heteroatoms. The van der Waals surface area contributed by atoms with Crippen LogP contribution in [0.4, 0.5) is 5.69 Å². The van der Waals surface area contributed by atoms with Crippen LogP contribution in [-0.4, -0.2) is 54.3 Å². The number of carbonyl (C=O) groups is 2. The molecule has 1 saturated carbocycles. The van der Waals surface area contributed by atoms with Crippen LogP contribution in [0.1, 0.15) is 24.5 Å². The maximum atomic E-state index is 12.6. The summed E-state index contributed by atoms with van der Waals surface area (Å²) in [6.07, 6.45) is 0.684. The molecule has 2 atom stereocenters. The highest BCUT2D eigenvalue weighted by atomic mass is 16.2. The molecule has 130 valence electrons. The van der Waals surface area contributed by atoms with Gasteiger partial charge in [0.1, 0.15) is 0 Å². The molecule has 1 aromatic carbocycles. The number of likely N-dealkylation sites (N-methyl/N-ethyl adjacent to an activating group) is 1. The molecular formula is C19H27N3O2. The molecule has 2 fully saturated rings. The second-order valence-corrected chi connectivity index (χ2v) is 7.02. The molecular weight excluding hydrogens is 302 g/mol. The Morgan fingerprint density at radius 1 is 1.12 bits per heavy atom. The van der Waals surface area contributed by atoms with Crippen LogP contribution >= 0.6 is 0 Å². The van der Waals surface area contributed by atoms with E-state index in [2.05, 4.69) is 17.1 Å². The van der Waals surface area contributed by atoms with Crippen LogP contribution < -0.4 is 5.32 Å². The monoisotopic (exact) mass is 329 g/mol. The van der Waals surface area contributed by atoms with Gasteiger partial charge < -0.3 is 15.1 Å². The molecule has 1 heterocycles. The van der Waals surface area contributed by atoms with Crippen molar-refractivity contribution in [3.05, 3.63) is 29.3 Å². The number of aryl methyl sites for hydroxylation is 2. The third-order valence-corrected chi connectivity index (χ3v) is 5.23. The Labute approximate surface area is 144 Å². The molecule has 1 saturated heterocycles. The molecule has 1 N–H and O–H groups in total. The van der Waals surface area contributed by atoms with Crippen molar-refractivity contribution in [1.82, 2.24) is 9.80 Å². The van der Waals surface area contributed by atoms with Crippen LogP contribution in [-0.2, 0) is 9.59 Å². The van der Waals surface area contributed by atoms with E-state index in [0.29, 0.717) is 6.42 Å². The fraction of sp³-hybridized carbons (Fsp3) is 0.579. The minimum absolute atomic E-state index is 0.0192. The third-order valence-electron chi connectivity index (χ3n) is 5.23. The van der Waals surface area contributed by atoms with Crippen LogP contribution in [0.25, 0.3) is 0 Å². The molecule has 0 spiro atoms. The van der Waals surface area contributed by atoms with Crippen molar-refractivity contribution in [2.75, 3.05) is 38.0 Å². The zero-order chi connectivity index (χ0) is 17.3. The summed E-state index contributed by atoms with van der Waals surface area (Å²) in [5.41, 5.74) is 3.02. The normalized spacial score (nSPS) is 23.9. The zero-order valence-electron chi connectivity index (χ0n) is 14.8. The van der Waals surface area contributed by atoms with Crippen molar-refractivity contribution in [2.45, 2.75) is 27.2 Å². The first-order chi connectivity index (χ1) is 11.5. The number of piperazine rings is 1. The van der Waals surface area contributed by atoms with Crippen LogP contribution in [0.3, 0.4) is 0 Å². The summed E-state index contributed by atoms with van der Waals surface area (Å²) in [5, 5.41) is 3.00. The molecule has 2 amide bonds. The fourth-order valence-electron chi connectivity index (χ4n) is 3.37. The summed E-state index contributed by atoms with van der Waals surface area (Å²) in [7, 11) is 0.